The first kappa shape index (κ1) is 13.8. The monoisotopic (exact) mass is 287 g/mol. The van der Waals surface area contributed by atoms with Crippen molar-refractivity contribution in [3.8, 4) is 11.6 Å². The first-order valence-electron chi connectivity index (χ1n) is 7.52. The molecule has 0 aromatic carbocycles. The summed E-state index contributed by atoms with van der Waals surface area (Å²) < 4.78 is 2.09. The number of nitrogens with zero attached hydrogens (tertiary/aromatic N) is 6. The Bertz CT molecular complexity index is 601. The molecule has 7 nitrogen and oxygen atoms in total. The van der Waals surface area contributed by atoms with Gasteiger partial charge in [0.25, 0.3) is 0 Å². The molecule has 0 aliphatic carbocycles. The maximum Gasteiger partial charge on any atom is 0.230 e. The van der Waals surface area contributed by atoms with E-state index >= 15 is 0 Å². The van der Waals surface area contributed by atoms with Gasteiger partial charge in [0.15, 0.2) is 5.82 Å². The summed E-state index contributed by atoms with van der Waals surface area (Å²) in [4.78, 5) is 20.2. The molecule has 1 N–H and O–H groups in total. The molecule has 0 amide bonds. The van der Waals surface area contributed by atoms with Crippen LogP contribution in [0.3, 0.4) is 0 Å². The van der Waals surface area contributed by atoms with E-state index in [1.807, 2.05) is 13.2 Å². The Morgan fingerprint density at radius 3 is 2.71 bits per heavy atom. The number of anilines is 2. The van der Waals surface area contributed by atoms with E-state index in [-0.39, 0.29) is 0 Å². The lowest BCUT2D eigenvalue weighted by molar-refractivity contribution is 0.681. The van der Waals surface area contributed by atoms with Crippen LogP contribution in [0.5, 0.6) is 0 Å². The minimum Gasteiger partial charge on any atom is -0.357 e. The van der Waals surface area contributed by atoms with Crippen molar-refractivity contribution in [1.82, 2.24) is 24.5 Å². The van der Waals surface area contributed by atoms with Crippen LogP contribution in [0.2, 0.25) is 0 Å². The first-order valence-corrected chi connectivity index (χ1v) is 7.52. The van der Waals surface area contributed by atoms with Crippen molar-refractivity contribution in [3.63, 3.8) is 0 Å². The third-order valence-electron chi connectivity index (χ3n) is 3.62. The van der Waals surface area contributed by atoms with Gasteiger partial charge < -0.3 is 14.8 Å². The maximum atomic E-state index is 4.63. The molecule has 3 rings (SSSR count). The smallest absolute Gasteiger partial charge is 0.230 e. The number of rotatable bonds is 5. The van der Waals surface area contributed by atoms with Crippen LogP contribution in [0.4, 0.5) is 11.9 Å². The van der Waals surface area contributed by atoms with Crippen LogP contribution in [0.1, 0.15) is 26.2 Å². The molecule has 0 unspecified atom stereocenters. The Labute approximate surface area is 124 Å². The summed E-state index contributed by atoms with van der Waals surface area (Å²) in [6.45, 7) is 5.08. The number of hydrogen-bond acceptors (Lipinski definition) is 6. The normalized spacial score (nSPS) is 14.7. The molecular formula is C14H21N7. The fourth-order valence-corrected chi connectivity index (χ4v) is 2.57. The molecule has 2 aromatic heterocycles. The lowest BCUT2D eigenvalue weighted by Gasteiger charge is -2.16. The average Bonchev–Trinajstić information content (AvgIpc) is 3.18. The van der Waals surface area contributed by atoms with Crippen molar-refractivity contribution in [2.75, 3.05) is 30.4 Å². The molecule has 112 valence electrons. The van der Waals surface area contributed by atoms with E-state index in [9.17, 15) is 0 Å². The molecule has 1 aliphatic heterocycles. The maximum absolute atomic E-state index is 4.63. The minimum absolute atomic E-state index is 0.591. The van der Waals surface area contributed by atoms with E-state index in [1.54, 1.807) is 6.20 Å². The van der Waals surface area contributed by atoms with Crippen LogP contribution in [-0.2, 0) is 6.54 Å². The summed E-state index contributed by atoms with van der Waals surface area (Å²) in [6, 6.07) is 0. The summed E-state index contributed by atoms with van der Waals surface area (Å²) in [5.41, 5.74) is 0. The summed E-state index contributed by atoms with van der Waals surface area (Å²) in [5.74, 6) is 2.77. The SMILES string of the molecule is CCCn1ccnc1-c1nc(NC)nc(N2CCCC2)n1. The topological polar surface area (TPSA) is 71.8 Å². The van der Waals surface area contributed by atoms with Crippen molar-refractivity contribution in [1.29, 1.82) is 0 Å². The van der Waals surface area contributed by atoms with Crippen LogP contribution in [0, 0.1) is 0 Å². The number of hydrogen-bond donors (Lipinski definition) is 1. The van der Waals surface area contributed by atoms with Crippen LogP contribution >= 0.6 is 0 Å². The Morgan fingerprint density at radius 1 is 1.19 bits per heavy atom. The van der Waals surface area contributed by atoms with Gasteiger partial charge in [-0.3, -0.25) is 0 Å². The van der Waals surface area contributed by atoms with E-state index in [0.29, 0.717) is 11.8 Å². The zero-order valence-electron chi connectivity index (χ0n) is 12.6. The van der Waals surface area contributed by atoms with Gasteiger partial charge in [0.2, 0.25) is 17.7 Å². The van der Waals surface area contributed by atoms with Crippen molar-refractivity contribution in [3.05, 3.63) is 12.4 Å². The summed E-state index contributed by atoms with van der Waals surface area (Å²) >= 11 is 0. The zero-order chi connectivity index (χ0) is 14.7. The van der Waals surface area contributed by atoms with Crippen LogP contribution in [0.25, 0.3) is 11.6 Å². The third-order valence-corrected chi connectivity index (χ3v) is 3.62. The number of aryl methyl sites for hydroxylation is 1. The second kappa shape index (κ2) is 6.07. The Balaban J connectivity index is 2.00. The van der Waals surface area contributed by atoms with Crippen LogP contribution in [0.15, 0.2) is 12.4 Å². The lowest BCUT2D eigenvalue weighted by Crippen LogP contribution is -2.22. The molecule has 1 aliphatic rings. The molecule has 0 saturated carbocycles. The van der Waals surface area contributed by atoms with Crippen LogP contribution < -0.4 is 10.2 Å². The highest BCUT2D eigenvalue weighted by atomic mass is 15.3. The molecule has 0 bridgehead atoms. The molecule has 21 heavy (non-hydrogen) atoms. The highest BCUT2D eigenvalue weighted by molar-refractivity contribution is 5.51. The van der Waals surface area contributed by atoms with E-state index in [0.717, 1.165) is 37.8 Å². The molecule has 1 fully saturated rings. The van der Waals surface area contributed by atoms with Gasteiger partial charge >= 0.3 is 0 Å². The van der Waals surface area contributed by atoms with Crippen molar-refractivity contribution >= 4 is 11.9 Å². The average molecular weight is 287 g/mol. The Hall–Kier alpha value is -2.18. The highest BCUT2D eigenvalue weighted by Gasteiger charge is 2.19. The second-order valence-electron chi connectivity index (χ2n) is 5.17. The Morgan fingerprint density at radius 2 is 2.00 bits per heavy atom. The van der Waals surface area contributed by atoms with Crippen molar-refractivity contribution in [2.45, 2.75) is 32.7 Å². The molecule has 3 heterocycles. The van der Waals surface area contributed by atoms with Gasteiger partial charge in [-0.1, -0.05) is 6.92 Å². The van der Waals surface area contributed by atoms with E-state index < -0.39 is 0 Å². The molecule has 1 saturated heterocycles. The van der Waals surface area contributed by atoms with E-state index in [1.165, 1.54) is 12.8 Å². The number of nitrogens with one attached hydrogen (secondary N) is 1. The first-order chi connectivity index (χ1) is 10.3. The standard InChI is InChI=1S/C14H21N7/c1-3-7-20-10-6-16-12(20)11-17-13(15-2)19-14(18-11)21-8-4-5-9-21/h6,10H,3-5,7-9H2,1-2H3,(H,15,17,18,19). The van der Waals surface area contributed by atoms with Gasteiger partial charge in [0.1, 0.15) is 0 Å². The lowest BCUT2D eigenvalue weighted by atomic mass is 10.4. The zero-order valence-corrected chi connectivity index (χ0v) is 12.6. The molecule has 0 radical (unpaired) electrons. The molecule has 0 spiro atoms. The largest absolute Gasteiger partial charge is 0.357 e. The molecule has 0 atom stereocenters. The van der Waals surface area contributed by atoms with E-state index in [2.05, 4.69) is 41.6 Å². The molecule has 2 aromatic rings. The fourth-order valence-electron chi connectivity index (χ4n) is 2.57. The predicted octanol–water partition coefficient (Wildman–Crippen LogP) is 1.79. The van der Waals surface area contributed by atoms with Gasteiger partial charge in [-0.25, -0.2) is 4.98 Å². The van der Waals surface area contributed by atoms with Crippen LogP contribution in [-0.4, -0.2) is 44.6 Å². The van der Waals surface area contributed by atoms with Crippen molar-refractivity contribution in [2.24, 2.45) is 0 Å². The predicted molar refractivity (Wildman–Crippen MR) is 82.3 cm³/mol. The van der Waals surface area contributed by atoms with E-state index in [4.69, 9.17) is 0 Å². The van der Waals surface area contributed by atoms with Gasteiger partial charge in [-0.2, -0.15) is 15.0 Å². The second-order valence-corrected chi connectivity index (χ2v) is 5.17. The fraction of sp³-hybridized carbons (Fsp3) is 0.571. The highest BCUT2D eigenvalue weighted by Crippen LogP contribution is 2.21. The summed E-state index contributed by atoms with van der Waals surface area (Å²) in [5, 5.41) is 3.02. The van der Waals surface area contributed by atoms with Gasteiger partial charge in [0.05, 0.1) is 0 Å². The quantitative estimate of drug-likeness (QED) is 0.904. The van der Waals surface area contributed by atoms with Crippen molar-refractivity contribution < 1.29 is 0 Å². The summed E-state index contributed by atoms with van der Waals surface area (Å²) in [6.07, 6.45) is 7.20. The summed E-state index contributed by atoms with van der Waals surface area (Å²) in [7, 11) is 1.82. The molecule has 7 heteroatoms. The van der Waals surface area contributed by atoms with Gasteiger partial charge in [-0.05, 0) is 19.3 Å². The number of aromatic nitrogens is 5. The Kier molecular flexibility index (Phi) is 3.98. The third kappa shape index (κ3) is 2.81. The number of imidazole rings is 1. The van der Waals surface area contributed by atoms with Gasteiger partial charge in [0, 0.05) is 39.1 Å². The van der Waals surface area contributed by atoms with Gasteiger partial charge in [-0.15, -0.1) is 0 Å². The molecular weight excluding hydrogens is 266 g/mol. The minimum atomic E-state index is 0.591.